The Hall–Kier alpha value is -3.10. The van der Waals surface area contributed by atoms with E-state index in [0.29, 0.717) is 35.3 Å². The number of hydrogen-bond acceptors (Lipinski definition) is 5. The van der Waals surface area contributed by atoms with Gasteiger partial charge in [-0.05, 0) is 69.7 Å². The van der Waals surface area contributed by atoms with Crippen LogP contribution in [0.2, 0.25) is 5.02 Å². The van der Waals surface area contributed by atoms with Crippen LogP contribution in [0.5, 0.6) is 0 Å². The van der Waals surface area contributed by atoms with Gasteiger partial charge in [-0.3, -0.25) is 4.68 Å². The summed E-state index contributed by atoms with van der Waals surface area (Å²) in [5.41, 5.74) is 4.95. The van der Waals surface area contributed by atoms with Gasteiger partial charge in [-0.25, -0.2) is 19.0 Å². The smallest absolute Gasteiger partial charge is 0.157 e. The molecule has 0 bridgehead atoms. The maximum Gasteiger partial charge on any atom is 0.157 e. The van der Waals surface area contributed by atoms with Crippen LogP contribution in [0, 0.1) is 18.7 Å². The molecule has 2 aliphatic rings. The highest BCUT2D eigenvalue weighted by atomic mass is 35.5. The fraction of sp³-hybridized carbons (Fsp3) is 0.385. The molecule has 1 aromatic carbocycles. The third-order valence-corrected chi connectivity index (χ3v) is 7.45. The zero-order chi connectivity index (χ0) is 24.3. The highest BCUT2D eigenvalue weighted by molar-refractivity contribution is 6.33. The van der Waals surface area contributed by atoms with Gasteiger partial charge in [-0.2, -0.15) is 10.2 Å². The van der Waals surface area contributed by atoms with Crippen molar-refractivity contribution in [1.82, 2.24) is 29.5 Å². The minimum Gasteiger partial charge on any atom is -0.385 e. The molecule has 35 heavy (non-hydrogen) atoms. The molecule has 0 saturated heterocycles. The van der Waals surface area contributed by atoms with E-state index >= 15 is 0 Å². The Morgan fingerprint density at radius 3 is 2.69 bits per heavy atom. The molecular weight excluding hydrogens is 467 g/mol. The van der Waals surface area contributed by atoms with Gasteiger partial charge in [0.2, 0.25) is 0 Å². The Morgan fingerprint density at radius 1 is 1.17 bits per heavy atom. The average Bonchev–Trinajstić information content (AvgIpc) is 3.40. The standard InChI is InChI=1S/C26H26ClFN6O/c1-15-23-20(9-10-26(23,2)35)34(31-15)22-12-19(29-14-30-22)11-21-24(27)25(17-5-7-18(28)8-6-17)32-33(21)13-16-3-4-16/h5-8,12,14,16,35H,3-4,9-11,13H2,1-2H3. The highest BCUT2D eigenvalue weighted by Crippen LogP contribution is 2.39. The molecule has 1 N–H and O–H groups in total. The minimum absolute atomic E-state index is 0.294. The van der Waals surface area contributed by atoms with Crippen LogP contribution in [-0.2, 0) is 25.0 Å². The van der Waals surface area contributed by atoms with E-state index in [9.17, 15) is 9.50 Å². The highest BCUT2D eigenvalue weighted by Gasteiger charge is 2.38. The van der Waals surface area contributed by atoms with Crippen molar-refractivity contribution < 1.29 is 9.50 Å². The molecule has 1 saturated carbocycles. The van der Waals surface area contributed by atoms with Crippen molar-refractivity contribution in [3.63, 3.8) is 0 Å². The van der Waals surface area contributed by atoms with E-state index in [-0.39, 0.29) is 5.82 Å². The quantitative estimate of drug-likeness (QED) is 0.419. The van der Waals surface area contributed by atoms with E-state index in [2.05, 4.69) is 15.1 Å². The number of hydrogen-bond donors (Lipinski definition) is 1. The Morgan fingerprint density at radius 2 is 1.94 bits per heavy atom. The number of aliphatic hydroxyl groups is 1. The van der Waals surface area contributed by atoms with Crippen molar-refractivity contribution in [2.24, 2.45) is 5.92 Å². The van der Waals surface area contributed by atoms with Crippen LogP contribution >= 0.6 is 11.6 Å². The van der Waals surface area contributed by atoms with Gasteiger partial charge in [0.25, 0.3) is 0 Å². The van der Waals surface area contributed by atoms with Gasteiger partial charge in [0.15, 0.2) is 5.82 Å². The molecule has 7 nitrogen and oxygen atoms in total. The van der Waals surface area contributed by atoms with Gasteiger partial charge in [-0.1, -0.05) is 11.6 Å². The van der Waals surface area contributed by atoms with E-state index < -0.39 is 5.60 Å². The molecule has 0 aliphatic heterocycles. The fourth-order valence-corrected chi connectivity index (χ4v) is 5.40. The summed E-state index contributed by atoms with van der Waals surface area (Å²) < 4.78 is 17.3. The molecule has 0 amide bonds. The Labute approximate surface area is 207 Å². The molecule has 1 fully saturated rings. The topological polar surface area (TPSA) is 81.7 Å². The lowest BCUT2D eigenvalue weighted by molar-refractivity contribution is 0.0586. The average molecular weight is 493 g/mol. The lowest BCUT2D eigenvalue weighted by atomic mass is 9.99. The third kappa shape index (κ3) is 4.04. The van der Waals surface area contributed by atoms with Crippen LogP contribution in [0.4, 0.5) is 4.39 Å². The van der Waals surface area contributed by atoms with Crippen LogP contribution in [0.3, 0.4) is 0 Å². The van der Waals surface area contributed by atoms with Gasteiger partial charge in [-0.15, -0.1) is 0 Å². The molecule has 4 aromatic rings. The molecule has 1 atom stereocenters. The summed E-state index contributed by atoms with van der Waals surface area (Å²) in [5, 5.41) is 20.8. The lowest BCUT2D eigenvalue weighted by Gasteiger charge is -2.15. The number of halogens is 2. The first kappa shape index (κ1) is 22.4. The molecule has 3 aromatic heterocycles. The van der Waals surface area contributed by atoms with Gasteiger partial charge in [0, 0.05) is 30.2 Å². The maximum atomic E-state index is 13.5. The second-order valence-electron chi connectivity index (χ2n) is 9.88. The van der Waals surface area contributed by atoms with Crippen LogP contribution in [0.1, 0.15) is 54.5 Å². The third-order valence-electron chi connectivity index (χ3n) is 7.06. The Bertz CT molecular complexity index is 1420. The van der Waals surface area contributed by atoms with E-state index in [1.807, 2.05) is 29.3 Å². The number of aromatic nitrogens is 6. The first-order chi connectivity index (χ1) is 16.8. The molecule has 3 heterocycles. The molecule has 0 spiro atoms. The number of aryl methyl sites for hydroxylation is 1. The number of nitrogens with zero attached hydrogens (tertiary/aromatic N) is 6. The van der Waals surface area contributed by atoms with Crippen molar-refractivity contribution >= 4 is 11.6 Å². The van der Waals surface area contributed by atoms with E-state index in [4.69, 9.17) is 16.7 Å². The maximum absolute atomic E-state index is 13.5. The molecular formula is C26H26ClFN6O. The summed E-state index contributed by atoms with van der Waals surface area (Å²) in [5.74, 6) is 0.979. The summed E-state index contributed by atoms with van der Waals surface area (Å²) in [7, 11) is 0. The predicted octanol–water partition coefficient (Wildman–Crippen LogP) is 4.78. The first-order valence-corrected chi connectivity index (χ1v) is 12.3. The number of benzene rings is 1. The normalized spacial score (nSPS) is 19.3. The van der Waals surface area contributed by atoms with Crippen molar-refractivity contribution in [1.29, 1.82) is 0 Å². The zero-order valence-electron chi connectivity index (χ0n) is 19.7. The second kappa shape index (κ2) is 8.24. The summed E-state index contributed by atoms with van der Waals surface area (Å²) in [6, 6.07) is 8.16. The summed E-state index contributed by atoms with van der Waals surface area (Å²) in [4.78, 5) is 8.98. The zero-order valence-corrected chi connectivity index (χ0v) is 20.4. The molecule has 180 valence electrons. The molecule has 0 radical (unpaired) electrons. The molecule has 1 unspecified atom stereocenters. The van der Waals surface area contributed by atoms with E-state index in [1.54, 1.807) is 12.1 Å². The Kier molecular flexibility index (Phi) is 5.27. The second-order valence-corrected chi connectivity index (χ2v) is 10.3. The Balaban J connectivity index is 1.37. The molecule has 6 rings (SSSR count). The van der Waals surface area contributed by atoms with Crippen LogP contribution < -0.4 is 0 Å². The van der Waals surface area contributed by atoms with E-state index in [1.165, 1.54) is 31.3 Å². The van der Waals surface area contributed by atoms with Gasteiger partial charge < -0.3 is 5.11 Å². The van der Waals surface area contributed by atoms with Crippen molar-refractivity contribution in [3.05, 3.63) is 75.8 Å². The summed E-state index contributed by atoms with van der Waals surface area (Å²) in [6.45, 7) is 4.56. The van der Waals surface area contributed by atoms with Gasteiger partial charge >= 0.3 is 0 Å². The number of rotatable bonds is 6. The van der Waals surface area contributed by atoms with Crippen LogP contribution in [-0.4, -0.2) is 34.6 Å². The lowest BCUT2D eigenvalue weighted by Crippen LogP contribution is -2.17. The monoisotopic (exact) mass is 492 g/mol. The van der Waals surface area contributed by atoms with Crippen LogP contribution in [0.25, 0.3) is 17.1 Å². The van der Waals surface area contributed by atoms with Crippen LogP contribution in [0.15, 0.2) is 36.7 Å². The van der Waals surface area contributed by atoms with Crippen molar-refractivity contribution in [2.45, 2.75) is 58.1 Å². The summed E-state index contributed by atoms with van der Waals surface area (Å²) in [6.07, 6.45) is 5.81. The fourth-order valence-electron chi connectivity index (χ4n) is 5.08. The van der Waals surface area contributed by atoms with Crippen molar-refractivity contribution in [3.8, 4) is 17.1 Å². The number of fused-ring (bicyclic) bond motifs is 1. The van der Waals surface area contributed by atoms with Crippen molar-refractivity contribution in [2.75, 3.05) is 0 Å². The molecule has 2 aliphatic carbocycles. The van der Waals surface area contributed by atoms with Gasteiger partial charge in [0.1, 0.15) is 17.8 Å². The largest absolute Gasteiger partial charge is 0.385 e. The minimum atomic E-state index is -0.868. The summed E-state index contributed by atoms with van der Waals surface area (Å²) >= 11 is 6.86. The molecule has 9 heteroatoms. The SMILES string of the molecule is Cc1nn(-c2cc(Cc3c(Cl)c(-c4ccc(F)cc4)nn3CC3CC3)ncn2)c2c1C(C)(O)CC2. The predicted molar refractivity (Wildman–Crippen MR) is 130 cm³/mol. The van der Waals surface area contributed by atoms with Gasteiger partial charge in [0.05, 0.1) is 33.4 Å². The first-order valence-electron chi connectivity index (χ1n) is 11.9. The van der Waals surface area contributed by atoms with E-state index in [0.717, 1.165) is 46.9 Å².